The van der Waals surface area contributed by atoms with Gasteiger partial charge in [-0.05, 0) is 54.6 Å². The molecular weight excluding hydrogens is 232 g/mol. The van der Waals surface area contributed by atoms with Crippen LogP contribution in [0.3, 0.4) is 0 Å². The molecule has 4 unspecified atom stereocenters. The fourth-order valence-electron chi connectivity index (χ4n) is 4.34. The van der Waals surface area contributed by atoms with Crippen LogP contribution in [0.15, 0.2) is 24.3 Å². The second-order valence-electron chi connectivity index (χ2n) is 6.92. The highest BCUT2D eigenvalue weighted by Gasteiger charge is 2.43. The molecule has 0 heterocycles. The molecule has 0 radical (unpaired) electrons. The van der Waals surface area contributed by atoms with Crippen LogP contribution in [0.2, 0.25) is 0 Å². The van der Waals surface area contributed by atoms with Gasteiger partial charge in [0.25, 0.3) is 0 Å². The molecule has 1 saturated carbocycles. The lowest BCUT2D eigenvalue weighted by atomic mass is 9.64. The molecule has 1 aromatic rings. The van der Waals surface area contributed by atoms with Gasteiger partial charge >= 0.3 is 0 Å². The van der Waals surface area contributed by atoms with Crippen molar-refractivity contribution in [3.8, 4) is 0 Å². The van der Waals surface area contributed by atoms with Crippen molar-refractivity contribution in [3.63, 3.8) is 0 Å². The zero-order chi connectivity index (χ0) is 13.5. The van der Waals surface area contributed by atoms with E-state index in [1.807, 2.05) is 0 Å². The van der Waals surface area contributed by atoms with E-state index in [2.05, 4.69) is 38.1 Å². The van der Waals surface area contributed by atoms with Crippen molar-refractivity contribution in [2.24, 2.45) is 11.8 Å². The molecule has 1 heteroatoms. The van der Waals surface area contributed by atoms with Crippen molar-refractivity contribution in [1.29, 1.82) is 0 Å². The van der Waals surface area contributed by atoms with E-state index in [0.717, 1.165) is 18.8 Å². The second-order valence-corrected chi connectivity index (χ2v) is 6.92. The zero-order valence-electron chi connectivity index (χ0n) is 12.2. The van der Waals surface area contributed by atoms with Crippen LogP contribution in [-0.2, 0) is 5.60 Å². The van der Waals surface area contributed by atoms with Crippen molar-refractivity contribution < 1.29 is 5.11 Å². The fourth-order valence-corrected chi connectivity index (χ4v) is 4.34. The lowest BCUT2D eigenvalue weighted by Crippen LogP contribution is -2.41. The molecule has 0 aliphatic heterocycles. The number of fused-ring (bicyclic) bond motifs is 1. The number of hydrogen-bond donors (Lipinski definition) is 1. The number of benzene rings is 1. The third kappa shape index (κ3) is 2.23. The van der Waals surface area contributed by atoms with Crippen molar-refractivity contribution in [3.05, 3.63) is 35.4 Å². The Morgan fingerprint density at radius 2 is 1.89 bits per heavy atom. The maximum absolute atomic E-state index is 11.4. The summed E-state index contributed by atoms with van der Waals surface area (Å²) in [5.74, 6) is 1.83. The number of rotatable bonds is 1. The van der Waals surface area contributed by atoms with Gasteiger partial charge in [0.15, 0.2) is 0 Å². The smallest absolute Gasteiger partial charge is 0.0927 e. The molecular formula is C18H26O. The van der Waals surface area contributed by atoms with E-state index in [1.165, 1.54) is 36.8 Å². The fraction of sp³-hybridized carbons (Fsp3) is 0.667. The summed E-state index contributed by atoms with van der Waals surface area (Å²) in [6, 6.07) is 8.60. The zero-order valence-corrected chi connectivity index (χ0v) is 12.2. The Morgan fingerprint density at radius 1 is 1.11 bits per heavy atom. The van der Waals surface area contributed by atoms with E-state index < -0.39 is 5.60 Å². The van der Waals surface area contributed by atoms with E-state index in [0.29, 0.717) is 11.8 Å². The highest BCUT2D eigenvalue weighted by atomic mass is 16.3. The van der Waals surface area contributed by atoms with E-state index in [4.69, 9.17) is 0 Å². The molecule has 0 aromatic heterocycles. The quantitative estimate of drug-likeness (QED) is 0.780. The van der Waals surface area contributed by atoms with Crippen LogP contribution in [0, 0.1) is 11.8 Å². The molecule has 1 aromatic carbocycles. The van der Waals surface area contributed by atoms with Gasteiger partial charge in [-0.1, -0.05) is 51.0 Å². The predicted molar refractivity (Wildman–Crippen MR) is 79.1 cm³/mol. The molecule has 2 aliphatic rings. The molecule has 0 saturated heterocycles. The van der Waals surface area contributed by atoms with Crippen molar-refractivity contribution in [2.75, 3.05) is 0 Å². The summed E-state index contributed by atoms with van der Waals surface area (Å²) < 4.78 is 0. The monoisotopic (exact) mass is 258 g/mol. The van der Waals surface area contributed by atoms with Gasteiger partial charge in [0.1, 0.15) is 0 Å². The first-order valence-corrected chi connectivity index (χ1v) is 7.93. The topological polar surface area (TPSA) is 20.2 Å². The molecule has 1 nitrogen and oxygen atoms in total. The molecule has 19 heavy (non-hydrogen) atoms. The largest absolute Gasteiger partial charge is 0.385 e. The summed E-state index contributed by atoms with van der Waals surface area (Å²) in [7, 11) is 0. The third-order valence-electron chi connectivity index (χ3n) is 5.53. The minimum absolute atomic E-state index is 0.463. The minimum Gasteiger partial charge on any atom is -0.385 e. The van der Waals surface area contributed by atoms with Crippen LogP contribution < -0.4 is 0 Å². The molecule has 0 bridgehead atoms. The van der Waals surface area contributed by atoms with Gasteiger partial charge in [0, 0.05) is 0 Å². The summed E-state index contributed by atoms with van der Waals surface area (Å²) in [4.78, 5) is 0. The summed E-state index contributed by atoms with van der Waals surface area (Å²) in [5, 5.41) is 11.4. The van der Waals surface area contributed by atoms with E-state index in [-0.39, 0.29) is 0 Å². The average molecular weight is 258 g/mol. The summed E-state index contributed by atoms with van der Waals surface area (Å²) in [6.07, 6.45) is 7.08. The van der Waals surface area contributed by atoms with Crippen molar-refractivity contribution in [1.82, 2.24) is 0 Å². The molecule has 1 fully saturated rings. The molecule has 1 N–H and O–H groups in total. The Balaban J connectivity index is 1.98. The van der Waals surface area contributed by atoms with Crippen LogP contribution in [-0.4, -0.2) is 5.11 Å². The maximum atomic E-state index is 11.4. The Bertz CT molecular complexity index is 453. The summed E-state index contributed by atoms with van der Waals surface area (Å²) in [5.41, 5.74) is 2.06. The van der Waals surface area contributed by atoms with E-state index in [1.54, 1.807) is 0 Å². The van der Waals surface area contributed by atoms with Crippen LogP contribution in [0.4, 0.5) is 0 Å². The summed E-state index contributed by atoms with van der Waals surface area (Å²) >= 11 is 0. The highest BCUT2D eigenvalue weighted by molar-refractivity contribution is 5.38. The van der Waals surface area contributed by atoms with Gasteiger partial charge in [0.05, 0.1) is 5.60 Å². The van der Waals surface area contributed by atoms with Gasteiger partial charge in [0.2, 0.25) is 0 Å². The Hall–Kier alpha value is -0.820. The van der Waals surface area contributed by atoms with Gasteiger partial charge in [-0.3, -0.25) is 0 Å². The summed E-state index contributed by atoms with van der Waals surface area (Å²) in [6.45, 7) is 4.63. The number of hydrogen-bond acceptors (Lipinski definition) is 1. The third-order valence-corrected chi connectivity index (χ3v) is 5.53. The normalized spacial score (nSPS) is 38.8. The van der Waals surface area contributed by atoms with Crippen LogP contribution in [0.1, 0.15) is 69.4 Å². The Morgan fingerprint density at radius 3 is 2.68 bits per heavy atom. The molecule has 2 aliphatic carbocycles. The van der Waals surface area contributed by atoms with Crippen molar-refractivity contribution in [2.45, 2.75) is 63.9 Å². The van der Waals surface area contributed by atoms with Crippen LogP contribution in [0.25, 0.3) is 0 Å². The molecule has 0 amide bonds. The lowest BCUT2D eigenvalue weighted by molar-refractivity contribution is -0.0613. The molecule has 3 rings (SSSR count). The molecule has 104 valence electrons. The molecule has 0 spiro atoms. The first-order valence-electron chi connectivity index (χ1n) is 7.93. The van der Waals surface area contributed by atoms with E-state index in [9.17, 15) is 5.11 Å². The first-order chi connectivity index (χ1) is 9.11. The van der Waals surface area contributed by atoms with Crippen LogP contribution >= 0.6 is 0 Å². The van der Waals surface area contributed by atoms with Crippen LogP contribution in [0.5, 0.6) is 0 Å². The minimum atomic E-state index is -0.558. The predicted octanol–water partition coefficient (Wildman–Crippen LogP) is 4.60. The van der Waals surface area contributed by atoms with Gasteiger partial charge < -0.3 is 5.11 Å². The standard InChI is InChI=1S/C18H26O/c1-13-6-5-7-15(12-13)18(19)11-10-14(2)16-8-3-4-9-17(16)18/h3-4,8-9,13-15,19H,5-7,10-12H2,1-2H3. The average Bonchev–Trinajstić information content (AvgIpc) is 2.43. The van der Waals surface area contributed by atoms with E-state index >= 15 is 0 Å². The highest BCUT2D eigenvalue weighted by Crippen LogP contribution is 2.49. The van der Waals surface area contributed by atoms with Gasteiger partial charge in [-0.15, -0.1) is 0 Å². The first kappa shape index (κ1) is 13.2. The Labute approximate surface area is 117 Å². The van der Waals surface area contributed by atoms with Gasteiger partial charge in [-0.25, -0.2) is 0 Å². The lowest BCUT2D eigenvalue weighted by Gasteiger charge is -2.45. The van der Waals surface area contributed by atoms with Crippen molar-refractivity contribution >= 4 is 0 Å². The number of aliphatic hydroxyl groups is 1. The maximum Gasteiger partial charge on any atom is 0.0927 e. The van der Waals surface area contributed by atoms with Gasteiger partial charge in [-0.2, -0.15) is 0 Å². The molecule has 4 atom stereocenters. The SMILES string of the molecule is CC1CCCC(C2(O)CCC(C)c3ccccc32)C1. The second kappa shape index (κ2) is 4.94. The Kier molecular flexibility index (Phi) is 3.42.